The second kappa shape index (κ2) is 11.8. The van der Waals surface area contributed by atoms with Gasteiger partial charge in [-0.15, -0.1) is 6.54 Å². The van der Waals surface area contributed by atoms with E-state index in [0.29, 0.717) is 0 Å². The molecule has 0 spiro atoms. The Morgan fingerprint density at radius 3 is 1.71 bits per heavy atom. The summed E-state index contributed by atoms with van der Waals surface area (Å²) in [5.74, 6) is 1.02. The molecule has 0 aliphatic heterocycles. The molecule has 0 unspecified atom stereocenters. The van der Waals surface area contributed by atoms with Gasteiger partial charge in [0.25, 0.3) is 0 Å². The molecule has 4 heteroatoms. The number of hydrogen-bond acceptors (Lipinski definition) is 2. The fraction of sp³-hybridized carbons (Fsp3) is 0.941. The van der Waals surface area contributed by atoms with E-state index in [1.165, 1.54) is 32.1 Å². The molecule has 0 saturated heterocycles. The normalized spacial score (nSPS) is 15.4. The third kappa shape index (κ3) is 18.2. The van der Waals surface area contributed by atoms with Crippen molar-refractivity contribution in [2.45, 2.75) is 84.7 Å². The van der Waals surface area contributed by atoms with Crippen LogP contribution in [0.2, 0.25) is 0 Å². The van der Waals surface area contributed by atoms with Crippen molar-refractivity contribution in [1.82, 2.24) is 0 Å². The summed E-state index contributed by atoms with van der Waals surface area (Å²) >= 11 is -0.473. The average Bonchev–Trinajstić information content (AvgIpc) is 2.76. The summed E-state index contributed by atoms with van der Waals surface area (Å²) in [6.07, 6.45) is 7.21. The number of rotatable bonds is 3. The van der Waals surface area contributed by atoms with E-state index in [9.17, 15) is 0 Å². The van der Waals surface area contributed by atoms with E-state index in [-0.39, 0.29) is 18.5 Å². The van der Waals surface area contributed by atoms with E-state index in [1.807, 2.05) is 7.05 Å². The summed E-state index contributed by atoms with van der Waals surface area (Å²) in [7, 11) is 1.91. The number of nitrogens with zero attached hydrogens (tertiary/aromatic N) is 3. The summed E-state index contributed by atoms with van der Waals surface area (Å²) < 4.78 is 9.01. The molecule has 0 aromatic carbocycles. The van der Waals surface area contributed by atoms with Crippen LogP contribution in [-0.2, 0) is 18.2 Å². The fourth-order valence-corrected chi connectivity index (χ4v) is 3.18. The molecule has 1 saturated carbocycles. The van der Waals surface area contributed by atoms with Crippen molar-refractivity contribution in [2.24, 2.45) is 12.9 Å². The zero-order valence-corrected chi connectivity index (χ0v) is 17.6. The van der Waals surface area contributed by atoms with Crippen LogP contribution in [0.25, 0.3) is 5.32 Å². The van der Waals surface area contributed by atoms with E-state index in [0.717, 1.165) is 12.5 Å². The van der Waals surface area contributed by atoms with Crippen molar-refractivity contribution in [2.75, 3.05) is 13.6 Å². The van der Waals surface area contributed by atoms with Gasteiger partial charge < -0.3 is 12.7 Å². The molecule has 1 aliphatic carbocycles. The van der Waals surface area contributed by atoms with Gasteiger partial charge >= 0.3 is 77.8 Å². The van der Waals surface area contributed by atoms with Crippen LogP contribution in [0.5, 0.6) is 0 Å². The SMILES string of the molecule is CC(C)(C)[N]=[Mo+2]=[N]C(C)(C)C.C[N-]CCC1CCCC1.[CH3-]. The summed E-state index contributed by atoms with van der Waals surface area (Å²) in [6, 6.07) is 0. The minimum atomic E-state index is -0.473. The predicted octanol–water partition coefficient (Wildman–Crippen LogP) is 6.05. The van der Waals surface area contributed by atoms with Gasteiger partial charge in [0, 0.05) is 0 Å². The van der Waals surface area contributed by atoms with Gasteiger partial charge in [-0.25, -0.2) is 0 Å². The van der Waals surface area contributed by atoms with Gasteiger partial charge in [-0.05, 0) is 5.92 Å². The second-order valence-corrected chi connectivity index (χ2v) is 8.88. The average molecular weight is 379 g/mol. The van der Waals surface area contributed by atoms with E-state index in [1.54, 1.807) is 0 Å². The maximum Gasteiger partial charge on any atom is -0.0431 e. The van der Waals surface area contributed by atoms with Crippen molar-refractivity contribution in [1.29, 1.82) is 0 Å². The molecule has 1 aliphatic rings. The largest absolute Gasteiger partial charge is 0.665 e. The Morgan fingerprint density at radius 2 is 1.38 bits per heavy atom. The number of hydrogen-bond donors (Lipinski definition) is 0. The topological polar surface area (TPSA) is 38.8 Å². The Bertz CT molecular complexity index is 283. The quantitative estimate of drug-likeness (QED) is 0.423. The van der Waals surface area contributed by atoms with Crippen molar-refractivity contribution in [3.63, 3.8) is 0 Å². The Hall–Kier alpha value is 0.248. The Balaban J connectivity index is 0. The van der Waals surface area contributed by atoms with Crippen LogP contribution in [0.15, 0.2) is 6.99 Å². The van der Waals surface area contributed by atoms with Crippen molar-refractivity contribution in [3.8, 4) is 0 Å². The maximum atomic E-state index is 4.51. The molecule has 126 valence electrons. The van der Waals surface area contributed by atoms with Crippen LogP contribution >= 0.6 is 0 Å². The Morgan fingerprint density at radius 1 is 0.952 bits per heavy atom. The molecule has 0 atom stereocenters. The van der Waals surface area contributed by atoms with Crippen LogP contribution in [-0.4, -0.2) is 24.7 Å². The van der Waals surface area contributed by atoms with Crippen LogP contribution in [0.1, 0.15) is 73.6 Å². The minimum Gasteiger partial charge on any atom is -0.665 e. The molecule has 1 fully saturated rings. The third-order valence-electron chi connectivity index (χ3n) is 2.87. The predicted molar refractivity (Wildman–Crippen MR) is 91.5 cm³/mol. The van der Waals surface area contributed by atoms with Gasteiger partial charge in [0.1, 0.15) is 0 Å². The van der Waals surface area contributed by atoms with E-state index < -0.39 is 18.2 Å². The third-order valence-corrected chi connectivity index (χ3v) is 5.96. The fourth-order valence-electron chi connectivity index (χ4n) is 1.88. The smallest absolute Gasteiger partial charge is 0.0431 e. The molecular formula is C17H37MoN3. The molecule has 3 nitrogen and oxygen atoms in total. The van der Waals surface area contributed by atoms with Crippen LogP contribution in [0.3, 0.4) is 0 Å². The minimum absolute atomic E-state index is 0. The molecular weight excluding hydrogens is 342 g/mol. The molecule has 0 bridgehead atoms. The summed E-state index contributed by atoms with van der Waals surface area (Å²) in [5.41, 5.74) is 0.216. The van der Waals surface area contributed by atoms with Gasteiger partial charge in [-0.2, -0.15) is 7.05 Å². The van der Waals surface area contributed by atoms with Crippen LogP contribution < -0.4 is 0 Å². The molecule has 0 amide bonds. The van der Waals surface area contributed by atoms with E-state index in [2.05, 4.69) is 53.9 Å². The van der Waals surface area contributed by atoms with E-state index >= 15 is 0 Å². The second-order valence-electron chi connectivity index (χ2n) is 7.58. The van der Waals surface area contributed by atoms with Crippen LogP contribution in [0.4, 0.5) is 0 Å². The first-order valence-electron chi connectivity index (χ1n) is 7.80. The maximum absolute atomic E-state index is 4.51. The molecule has 0 heterocycles. The Kier molecular flexibility index (Phi) is 13.2. The zero-order valence-electron chi connectivity index (χ0n) is 15.6. The van der Waals surface area contributed by atoms with Gasteiger partial charge in [0.2, 0.25) is 0 Å². The summed E-state index contributed by atoms with van der Waals surface area (Å²) in [6.45, 7) is 13.8. The molecule has 21 heavy (non-hydrogen) atoms. The first-order valence-corrected chi connectivity index (χ1v) is 9.60. The molecule has 0 radical (unpaired) electrons. The zero-order chi connectivity index (χ0) is 15.6. The molecule has 1 rings (SSSR count). The van der Waals surface area contributed by atoms with E-state index in [4.69, 9.17) is 0 Å². The monoisotopic (exact) mass is 381 g/mol. The van der Waals surface area contributed by atoms with Gasteiger partial charge in [-0.1, -0.05) is 32.1 Å². The van der Waals surface area contributed by atoms with Gasteiger partial charge in [-0.3, -0.25) is 0 Å². The standard InChI is InChI=1S/C8H16N.2C4H9N.CH3.Mo/c1-9-7-6-8-4-2-3-5-8;2*1-4(2,3)5;;/h8H,2-7H2,1H3;2*1-3H3;1H3;/q-1;;;-1;+2. The van der Waals surface area contributed by atoms with Crippen molar-refractivity contribution in [3.05, 3.63) is 12.7 Å². The van der Waals surface area contributed by atoms with Gasteiger partial charge in [0.05, 0.1) is 0 Å². The summed E-state index contributed by atoms with van der Waals surface area (Å²) in [5, 5.41) is 4.10. The van der Waals surface area contributed by atoms with Gasteiger partial charge in [0.15, 0.2) is 0 Å². The molecule has 0 N–H and O–H groups in total. The van der Waals surface area contributed by atoms with Crippen molar-refractivity contribution >= 4 is 0 Å². The van der Waals surface area contributed by atoms with Crippen molar-refractivity contribution < 1.29 is 18.2 Å². The van der Waals surface area contributed by atoms with Crippen LogP contribution in [0, 0.1) is 13.3 Å². The first kappa shape index (κ1) is 23.5. The molecule has 0 aromatic heterocycles. The Labute approximate surface area is 142 Å². The molecule has 0 aromatic rings. The summed E-state index contributed by atoms with van der Waals surface area (Å²) in [4.78, 5) is 0. The first-order chi connectivity index (χ1) is 9.14.